The van der Waals surface area contributed by atoms with Gasteiger partial charge in [0.2, 0.25) is 21.8 Å². The predicted molar refractivity (Wildman–Crippen MR) is 106 cm³/mol. The molecule has 1 atom stereocenters. The summed E-state index contributed by atoms with van der Waals surface area (Å²) < 4.78 is 26.8. The number of hydrogen-bond acceptors (Lipinski definition) is 4. The van der Waals surface area contributed by atoms with E-state index in [4.69, 9.17) is 11.6 Å². The van der Waals surface area contributed by atoms with Crippen LogP contribution in [-0.4, -0.2) is 39.4 Å². The Labute approximate surface area is 166 Å². The monoisotopic (exact) mass is 417 g/mol. The normalized spacial score (nSPS) is 12.9. The molecule has 0 bridgehead atoms. The Kier molecular flexibility index (Phi) is 9.21. The van der Waals surface area contributed by atoms with Crippen molar-refractivity contribution in [2.45, 2.75) is 45.1 Å². The minimum atomic E-state index is -3.71. The van der Waals surface area contributed by atoms with E-state index in [1.807, 2.05) is 27.7 Å². The molecule has 152 valence electrons. The van der Waals surface area contributed by atoms with Gasteiger partial charge in [0.25, 0.3) is 0 Å². The molecule has 0 saturated carbocycles. The molecule has 0 radical (unpaired) electrons. The summed E-state index contributed by atoms with van der Waals surface area (Å²) in [5, 5.41) is 5.71. The van der Waals surface area contributed by atoms with E-state index in [2.05, 4.69) is 15.4 Å². The molecule has 0 aliphatic carbocycles. The summed E-state index contributed by atoms with van der Waals surface area (Å²) in [6.45, 7) is 7.64. The van der Waals surface area contributed by atoms with Crippen LogP contribution in [-0.2, 0) is 19.6 Å². The van der Waals surface area contributed by atoms with Gasteiger partial charge in [-0.15, -0.1) is 0 Å². The van der Waals surface area contributed by atoms with Gasteiger partial charge in [-0.2, -0.15) is 0 Å². The van der Waals surface area contributed by atoms with Gasteiger partial charge in [0.15, 0.2) is 0 Å². The minimum absolute atomic E-state index is 0.0192. The standard InChI is InChI=1S/C18H28ClN3O4S/c1-12(2)10-16(23)22-17(13(3)4)18(24)20-8-9-21-27(25,26)15-7-5-6-14(19)11-15/h5-7,11-13,17,21H,8-10H2,1-4H3,(H,20,24)(H,22,23). The molecule has 1 aromatic rings. The number of nitrogens with one attached hydrogen (secondary N) is 3. The maximum absolute atomic E-state index is 12.3. The first-order chi connectivity index (χ1) is 12.5. The van der Waals surface area contributed by atoms with Crippen molar-refractivity contribution >= 4 is 33.4 Å². The second-order valence-electron chi connectivity index (χ2n) is 7.03. The van der Waals surface area contributed by atoms with E-state index in [-0.39, 0.29) is 41.6 Å². The number of hydrogen-bond donors (Lipinski definition) is 3. The fourth-order valence-corrected chi connectivity index (χ4v) is 3.67. The summed E-state index contributed by atoms with van der Waals surface area (Å²) >= 11 is 5.81. The van der Waals surface area contributed by atoms with Crippen LogP contribution < -0.4 is 15.4 Å². The summed E-state index contributed by atoms with van der Waals surface area (Å²) in [7, 11) is -3.71. The van der Waals surface area contributed by atoms with E-state index in [9.17, 15) is 18.0 Å². The number of halogens is 1. The van der Waals surface area contributed by atoms with Crippen molar-refractivity contribution in [1.82, 2.24) is 15.4 Å². The molecule has 0 saturated heterocycles. The van der Waals surface area contributed by atoms with Crippen molar-refractivity contribution < 1.29 is 18.0 Å². The third kappa shape index (κ3) is 8.28. The summed E-state index contributed by atoms with van der Waals surface area (Å²) in [6.07, 6.45) is 0.343. The third-order valence-electron chi connectivity index (χ3n) is 3.68. The zero-order valence-corrected chi connectivity index (χ0v) is 17.7. The quantitative estimate of drug-likeness (QED) is 0.506. The first kappa shape index (κ1) is 23.4. The van der Waals surface area contributed by atoms with Crippen LogP contribution in [0, 0.1) is 11.8 Å². The maximum atomic E-state index is 12.3. The Bertz CT molecular complexity index is 751. The van der Waals surface area contributed by atoms with Crippen molar-refractivity contribution in [2.24, 2.45) is 11.8 Å². The third-order valence-corrected chi connectivity index (χ3v) is 5.38. The van der Waals surface area contributed by atoms with Gasteiger partial charge < -0.3 is 10.6 Å². The summed E-state index contributed by atoms with van der Waals surface area (Å²) in [5.41, 5.74) is 0. The van der Waals surface area contributed by atoms with Crippen LogP contribution in [0.2, 0.25) is 5.02 Å². The van der Waals surface area contributed by atoms with Crippen molar-refractivity contribution in [2.75, 3.05) is 13.1 Å². The minimum Gasteiger partial charge on any atom is -0.353 e. The molecule has 7 nitrogen and oxygen atoms in total. The summed E-state index contributed by atoms with van der Waals surface area (Å²) in [5.74, 6) is -0.421. The number of sulfonamides is 1. The Morgan fingerprint density at radius 2 is 1.78 bits per heavy atom. The molecule has 0 spiro atoms. The Hall–Kier alpha value is -1.64. The molecular formula is C18H28ClN3O4S. The molecule has 0 aliphatic heterocycles. The largest absolute Gasteiger partial charge is 0.353 e. The van der Waals surface area contributed by atoms with Gasteiger partial charge in [0.05, 0.1) is 4.90 Å². The topological polar surface area (TPSA) is 104 Å². The predicted octanol–water partition coefficient (Wildman–Crippen LogP) is 1.92. The van der Waals surface area contributed by atoms with E-state index >= 15 is 0 Å². The van der Waals surface area contributed by atoms with Crippen molar-refractivity contribution in [3.63, 3.8) is 0 Å². The molecule has 1 unspecified atom stereocenters. The highest BCUT2D eigenvalue weighted by atomic mass is 35.5. The lowest BCUT2D eigenvalue weighted by Gasteiger charge is -2.22. The van der Waals surface area contributed by atoms with Gasteiger partial charge in [-0.25, -0.2) is 13.1 Å². The number of carbonyl (C=O) groups is 2. The van der Waals surface area contributed by atoms with Crippen LogP contribution in [0.4, 0.5) is 0 Å². The molecule has 3 N–H and O–H groups in total. The molecule has 2 amide bonds. The van der Waals surface area contributed by atoms with Crippen molar-refractivity contribution in [1.29, 1.82) is 0 Å². The van der Waals surface area contributed by atoms with Crippen LogP contribution in [0.25, 0.3) is 0 Å². The average molecular weight is 418 g/mol. The highest BCUT2D eigenvalue weighted by Crippen LogP contribution is 2.14. The highest BCUT2D eigenvalue weighted by Gasteiger charge is 2.24. The zero-order chi connectivity index (χ0) is 20.6. The lowest BCUT2D eigenvalue weighted by molar-refractivity contribution is -0.130. The first-order valence-corrected chi connectivity index (χ1v) is 10.7. The number of benzene rings is 1. The van der Waals surface area contributed by atoms with Crippen molar-refractivity contribution in [3.8, 4) is 0 Å². The number of carbonyl (C=O) groups excluding carboxylic acids is 2. The number of amides is 2. The first-order valence-electron chi connectivity index (χ1n) is 8.85. The van der Waals surface area contributed by atoms with Crippen LogP contribution in [0.5, 0.6) is 0 Å². The molecule has 1 rings (SSSR count). The zero-order valence-electron chi connectivity index (χ0n) is 16.1. The lowest BCUT2D eigenvalue weighted by atomic mass is 10.0. The average Bonchev–Trinajstić information content (AvgIpc) is 2.55. The Morgan fingerprint density at radius 3 is 2.33 bits per heavy atom. The SMILES string of the molecule is CC(C)CC(=O)NC(C(=O)NCCNS(=O)(=O)c1cccc(Cl)c1)C(C)C. The van der Waals surface area contributed by atoms with Crippen LogP contribution in [0.1, 0.15) is 34.1 Å². The molecule has 0 aliphatic rings. The van der Waals surface area contributed by atoms with Gasteiger partial charge in [-0.3, -0.25) is 9.59 Å². The summed E-state index contributed by atoms with van der Waals surface area (Å²) in [6, 6.07) is 5.25. The Morgan fingerprint density at radius 1 is 1.11 bits per heavy atom. The maximum Gasteiger partial charge on any atom is 0.242 e. The van der Waals surface area contributed by atoms with E-state index in [0.29, 0.717) is 11.4 Å². The second kappa shape index (κ2) is 10.6. The van der Waals surface area contributed by atoms with E-state index in [1.165, 1.54) is 12.1 Å². The number of rotatable bonds is 10. The molecule has 0 aromatic heterocycles. The van der Waals surface area contributed by atoms with Crippen LogP contribution in [0.15, 0.2) is 29.2 Å². The summed E-state index contributed by atoms with van der Waals surface area (Å²) in [4.78, 5) is 24.3. The lowest BCUT2D eigenvalue weighted by Crippen LogP contribution is -2.51. The van der Waals surface area contributed by atoms with Crippen LogP contribution in [0.3, 0.4) is 0 Å². The van der Waals surface area contributed by atoms with Gasteiger partial charge in [-0.05, 0) is 30.0 Å². The van der Waals surface area contributed by atoms with Crippen molar-refractivity contribution in [3.05, 3.63) is 29.3 Å². The van der Waals surface area contributed by atoms with E-state index in [0.717, 1.165) is 0 Å². The molecule has 0 fully saturated rings. The fraction of sp³-hybridized carbons (Fsp3) is 0.556. The smallest absolute Gasteiger partial charge is 0.242 e. The highest BCUT2D eigenvalue weighted by molar-refractivity contribution is 7.89. The van der Waals surface area contributed by atoms with Crippen LogP contribution >= 0.6 is 11.6 Å². The molecule has 9 heteroatoms. The van der Waals surface area contributed by atoms with E-state index < -0.39 is 16.1 Å². The molecular weight excluding hydrogens is 390 g/mol. The van der Waals surface area contributed by atoms with Gasteiger partial charge in [0, 0.05) is 24.5 Å². The van der Waals surface area contributed by atoms with E-state index in [1.54, 1.807) is 12.1 Å². The molecule has 0 heterocycles. The molecule has 27 heavy (non-hydrogen) atoms. The van der Waals surface area contributed by atoms with Gasteiger partial charge in [0.1, 0.15) is 6.04 Å². The fourth-order valence-electron chi connectivity index (χ4n) is 2.34. The van der Waals surface area contributed by atoms with Gasteiger partial charge in [-0.1, -0.05) is 45.4 Å². The molecule has 1 aromatic carbocycles. The Balaban J connectivity index is 2.53. The van der Waals surface area contributed by atoms with Gasteiger partial charge >= 0.3 is 0 Å². The second-order valence-corrected chi connectivity index (χ2v) is 9.24.